The fourth-order valence-electron chi connectivity index (χ4n) is 2.29. The molecule has 1 heterocycles. The number of nitrogens with one attached hydrogen (secondary N) is 2. The van der Waals surface area contributed by atoms with Gasteiger partial charge in [0, 0.05) is 25.5 Å². The van der Waals surface area contributed by atoms with Gasteiger partial charge in [0.2, 0.25) is 5.95 Å². The lowest BCUT2D eigenvalue weighted by molar-refractivity contribution is 0.0953. The second kappa shape index (κ2) is 9.60. The van der Waals surface area contributed by atoms with Crippen LogP contribution in [-0.2, 0) is 6.42 Å². The van der Waals surface area contributed by atoms with Crippen LogP contribution in [0.5, 0.6) is 11.5 Å². The molecule has 1 aromatic carbocycles. The Morgan fingerprint density at radius 1 is 1.12 bits per heavy atom. The van der Waals surface area contributed by atoms with Gasteiger partial charge in [0.1, 0.15) is 0 Å². The highest BCUT2D eigenvalue weighted by atomic mass is 16.5. The summed E-state index contributed by atoms with van der Waals surface area (Å²) >= 11 is 0. The number of carbonyl (C=O) groups excluding carboxylic acids is 1. The van der Waals surface area contributed by atoms with E-state index in [-0.39, 0.29) is 5.91 Å². The maximum absolute atomic E-state index is 12.2. The van der Waals surface area contributed by atoms with Crippen LogP contribution >= 0.6 is 0 Å². The summed E-state index contributed by atoms with van der Waals surface area (Å²) in [6.07, 6.45) is 3.74. The maximum atomic E-state index is 12.2. The van der Waals surface area contributed by atoms with E-state index in [0.717, 1.165) is 12.1 Å². The van der Waals surface area contributed by atoms with Gasteiger partial charge in [0.25, 0.3) is 5.91 Å². The molecule has 0 saturated carbocycles. The van der Waals surface area contributed by atoms with Crippen LogP contribution in [0.2, 0.25) is 0 Å². The van der Waals surface area contributed by atoms with Crippen molar-refractivity contribution in [2.45, 2.75) is 20.3 Å². The molecule has 0 atom stereocenters. The van der Waals surface area contributed by atoms with Gasteiger partial charge in [-0.3, -0.25) is 4.79 Å². The van der Waals surface area contributed by atoms with Gasteiger partial charge in [-0.05, 0) is 30.0 Å². The monoisotopic (exact) mass is 358 g/mol. The van der Waals surface area contributed by atoms with Crippen molar-refractivity contribution in [2.75, 3.05) is 32.6 Å². The summed E-state index contributed by atoms with van der Waals surface area (Å²) < 4.78 is 10.5. The van der Waals surface area contributed by atoms with Crippen molar-refractivity contribution in [1.82, 2.24) is 15.3 Å². The van der Waals surface area contributed by atoms with E-state index in [1.54, 1.807) is 14.2 Å². The summed E-state index contributed by atoms with van der Waals surface area (Å²) in [5.74, 6) is 2.19. The molecule has 7 nitrogen and oxygen atoms in total. The smallest absolute Gasteiger partial charge is 0.254 e. The SMILES string of the molecule is COc1ccc(CCNC(=O)c2cnc(NCC(C)C)nc2)cc1OC. The number of hydrogen-bond acceptors (Lipinski definition) is 6. The summed E-state index contributed by atoms with van der Waals surface area (Å²) in [6, 6.07) is 5.71. The average molecular weight is 358 g/mol. The molecule has 0 aliphatic carbocycles. The van der Waals surface area contributed by atoms with Crippen LogP contribution in [0.1, 0.15) is 29.8 Å². The first-order valence-electron chi connectivity index (χ1n) is 8.58. The Hall–Kier alpha value is -2.83. The molecule has 0 fully saturated rings. The maximum Gasteiger partial charge on any atom is 0.254 e. The predicted molar refractivity (Wildman–Crippen MR) is 101 cm³/mol. The number of ether oxygens (including phenoxy) is 2. The number of nitrogens with zero attached hydrogens (tertiary/aromatic N) is 2. The number of carbonyl (C=O) groups is 1. The molecule has 0 aliphatic heterocycles. The van der Waals surface area contributed by atoms with Crippen molar-refractivity contribution in [1.29, 1.82) is 0 Å². The van der Waals surface area contributed by atoms with E-state index < -0.39 is 0 Å². The number of rotatable bonds is 9. The molecular weight excluding hydrogens is 332 g/mol. The molecule has 0 bridgehead atoms. The molecule has 2 rings (SSSR count). The van der Waals surface area contributed by atoms with Gasteiger partial charge >= 0.3 is 0 Å². The van der Waals surface area contributed by atoms with E-state index >= 15 is 0 Å². The van der Waals surface area contributed by atoms with Crippen LogP contribution in [0, 0.1) is 5.92 Å². The van der Waals surface area contributed by atoms with Gasteiger partial charge in [0.15, 0.2) is 11.5 Å². The molecule has 26 heavy (non-hydrogen) atoms. The molecule has 0 spiro atoms. The Labute approximate surface area is 154 Å². The lowest BCUT2D eigenvalue weighted by Gasteiger charge is -2.10. The summed E-state index contributed by atoms with van der Waals surface area (Å²) in [4.78, 5) is 20.5. The molecule has 0 aliphatic rings. The lowest BCUT2D eigenvalue weighted by Crippen LogP contribution is -2.26. The van der Waals surface area contributed by atoms with E-state index in [0.29, 0.717) is 41.9 Å². The molecule has 2 aromatic rings. The number of amides is 1. The van der Waals surface area contributed by atoms with E-state index in [2.05, 4.69) is 34.4 Å². The van der Waals surface area contributed by atoms with Crippen molar-refractivity contribution in [2.24, 2.45) is 5.92 Å². The van der Waals surface area contributed by atoms with Crippen molar-refractivity contribution < 1.29 is 14.3 Å². The normalized spacial score (nSPS) is 10.5. The molecule has 0 saturated heterocycles. The minimum atomic E-state index is -0.194. The van der Waals surface area contributed by atoms with Crippen LogP contribution in [0.3, 0.4) is 0 Å². The minimum Gasteiger partial charge on any atom is -0.493 e. The molecule has 140 valence electrons. The molecule has 0 radical (unpaired) electrons. The standard InChI is InChI=1S/C19H26N4O3/c1-13(2)10-21-19-22-11-15(12-23-19)18(24)20-8-7-14-5-6-16(25-3)17(9-14)26-4/h5-6,9,11-13H,7-8,10H2,1-4H3,(H,20,24)(H,21,22,23). The molecule has 7 heteroatoms. The van der Waals surface area contributed by atoms with E-state index in [4.69, 9.17) is 9.47 Å². The average Bonchev–Trinajstić information content (AvgIpc) is 2.66. The van der Waals surface area contributed by atoms with Gasteiger partial charge in [-0.15, -0.1) is 0 Å². The molecule has 1 aromatic heterocycles. The fraction of sp³-hybridized carbons (Fsp3) is 0.421. The summed E-state index contributed by atoms with van der Waals surface area (Å²) in [5.41, 5.74) is 1.49. The first-order chi connectivity index (χ1) is 12.5. The van der Waals surface area contributed by atoms with Crippen LogP contribution in [0.4, 0.5) is 5.95 Å². The Morgan fingerprint density at radius 2 is 1.81 bits per heavy atom. The zero-order chi connectivity index (χ0) is 18.9. The summed E-state index contributed by atoms with van der Waals surface area (Å²) in [7, 11) is 3.20. The highest BCUT2D eigenvalue weighted by Crippen LogP contribution is 2.27. The Kier molecular flexibility index (Phi) is 7.20. The molecule has 1 amide bonds. The first-order valence-corrected chi connectivity index (χ1v) is 8.58. The number of methoxy groups -OCH3 is 2. The van der Waals surface area contributed by atoms with E-state index in [9.17, 15) is 4.79 Å². The highest BCUT2D eigenvalue weighted by Gasteiger charge is 2.08. The van der Waals surface area contributed by atoms with Crippen LogP contribution in [0.25, 0.3) is 0 Å². The lowest BCUT2D eigenvalue weighted by atomic mass is 10.1. The fourth-order valence-corrected chi connectivity index (χ4v) is 2.29. The van der Waals surface area contributed by atoms with Crippen molar-refractivity contribution in [3.63, 3.8) is 0 Å². The van der Waals surface area contributed by atoms with Crippen LogP contribution in [-0.4, -0.2) is 43.2 Å². The molecular formula is C19H26N4O3. The zero-order valence-corrected chi connectivity index (χ0v) is 15.7. The number of benzene rings is 1. The first kappa shape index (κ1) is 19.5. The summed E-state index contributed by atoms with van der Waals surface area (Å²) in [5, 5.41) is 5.99. The summed E-state index contributed by atoms with van der Waals surface area (Å²) in [6.45, 7) is 5.50. The zero-order valence-electron chi connectivity index (χ0n) is 15.7. The largest absolute Gasteiger partial charge is 0.493 e. The molecule has 2 N–H and O–H groups in total. The van der Waals surface area contributed by atoms with Crippen molar-refractivity contribution in [3.05, 3.63) is 41.7 Å². The van der Waals surface area contributed by atoms with Crippen LogP contribution < -0.4 is 20.1 Å². The second-order valence-corrected chi connectivity index (χ2v) is 6.27. The van der Waals surface area contributed by atoms with Crippen molar-refractivity contribution in [3.8, 4) is 11.5 Å². The quantitative estimate of drug-likeness (QED) is 0.716. The Balaban J connectivity index is 1.85. The van der Waals surface area contributed by atoms with Gasteiger partial charge < -0.3 is 20.1 Å². The Morgan fingerprint density at radius 3 is 2.42 bits per heavy atom. The third-order valence-electron chi connectivity index (χ3n) is 3.73. The van der Waals surface area contributed by atoms with Gasteiger partial charge in [0.05, 0.1) is 19.8 Å². The number of hydrogen-bond donors (Lipinski definition) is 2. The van der Waals surface area contributed by atoms with Gasteiger partial charge in [-0.25, -0.2) is 9.97 Å². The van der Waals surface area contributed by atoms with Gasteiger partial charge in [-0.1, -0.05) is 19.9 Å². The topological polar surface area (TPSA) is 85.4 Å². The predicted octanol–water partition coefficient (Wildman–Crippen LogP) is 2.53. The van der Waals surface area contributed by atoms with Crippen molar-refractivity contribution >= 4 is 11.9 Å². The Bertz CT molecular complexity index is 717. The van der Waals surface area contributed by atoms with E-state index in [1.807, 2.05) is 18.2 Å². The second-order valence-electron chi connectivity index (χ2n) is 6.27. The third-order valence-corrected chi connectivity index (χ3v) is 3.73. The van der Waals surface area contributed by atoms with E-state index in [1.165, 1.54) is 12.4 Å². The van der Waals surface area contributed by atoms with Crippen LogP contribution in [0.15, 0.2) is 30.6 Å². The number of anilines is 1. The minimum absolute atomic E-state index is 0.194. The molecule has 0 unspecified atom stereocenters. The van der Waals surface area contributed by atoms with Gasteiger partial charge in [-0.2, -0.15) is 0 Å². The third kappa shape index (κ3) is 5.61. The highest BCUT2D eigenvalue weighted by molar-refractivity contribution is 5.93. The number of aromatic nitrogens is 2.